The second kappa shape index (κ2) is 4.54. The number of halogens is 1. The van der Waals surface area contributed by atoms with Gasteiger partial charge in [0.25, 0.3) is 0 Å². The molecule has 1 fully saturated rings. The number of rotatable bonds is 4. The molecule has 0 atom stereocenters. The molecule has 1 N–H and O–H groups in total. The molecule has 1 aromatic carbocycles. The van der Waals surface area contributed by atoms with Crippen molar-refractivity contribution >= 4 is 11.6 Å². The van der Waals surface area contributed by atoms with Crippen LogP contribution in [0, 0.1) is 23.7 Å². The van der Waals surface area contributed by atoms with Crippen molar-refractivity contribution in [3.63, 3.8) is 0 Å². The average Bonchev–Trinajstić information content (AvgIpc) is 2.63. The zero-order valence-corrected chi connectivity index (χ0v) is 12.9. The van der Waals surface area contributed by atoms with Crippen LogP contribution in [0.2, 0.25) is 5.02 Å². The molecule has 0 saturated heterocycles. The van der Waals surface area contributed by atoms with Crippen LogP contribution < -0.4 is 5.32 Å². The summed E-state index contributed by atoms with van der Waals surface area (Å²) in [6.45, 7) is 13.6. The van der Waals surface area contributed by atoms with E-state index in [1.165, 1.54) is 11.1 Å². The van der Waals surface area contributed by atoms with E-state index in [1.54, 1.807) is 0 Å². The van der Waals surface area contributed by atoms with Crippen molar-refractivity contribution in [1.82, 2.24) is 5.32 Å². The third kappa shape index (κ3) is 2.31. The van der Waals surface area contributed by atoms with Gasteiger partial charge in [-0.3, -0.25) is 0 Å². The molecule has 0 spiro atoms. The molecule has 1 aromatic rings. The molecule has 0 aromatic heterocycles. The van der Waals surface area contributed by atoms with Gasteiger partial charge in [0, 0.05) is 11.6 Å². The van der Waals surface area contributed by atoms with Gasteiger partial charge >= 0.3 is 0 Å². The highest BCUT2D eigenvalue weighted by Gasteiger charge is 2.63. The van der Waals surface area contributed by atoms with Gasteiger partial charge < -0.3 is 5.32 Å². The standard InChI is InChI=1S/C16H24ClN/c1-11-8-13(17)7-6-12(11)9-18-10-14-15(2,3)16(14,4)5/h6-8,14,18H,9-10H2,1-5H3. The molecule has 1 nitrogen and oxygen atoms in total. The molecule has 0 amide bonds. The van der Waals surface area contributed by atoms with Crippen LogP contribution in [0.3, 0.4) is 0 Å². The highest BCUT2D eigenvalue weighted by Crippen LogP contribution is 2.67. The second-order valence-electron chi connectivity index (χ2n) is 6.70. The monoisotopic (exact) mass is 265 g/mol. The molecule has 100 valence electrons. The Morgan fingerprint density at radius 1 is 1.17 bits per heavy atom. The second-order valence-corrected chi connectivity index (χ2v) is 7.13. The van der Waals surface area contributed by atoms with Gasteiger partial charge in [-0.1, -0.05) is 45.4 Å². The van der Waals surface area contributed by atoms with Gasteiger partial charge in [0.15, 0.2) is 0 Å². The predicted octanol–water partition coefficient (Wildman–Crippen LogP) is 4.42. The molecular weight excluding hydrogens is 242 g/mol. The smallest absolute Gasteiger partial charge is 0.0408 e. The zero-order chi connectivity index (χ0) is 13.6. The van der Waals surface area contributed by atoms with Crippen LogP contribution in [-0.4, -0.2) is 6.54 Å². The fraction of sp³-hybridized carbons (Fsp3) is 0.625. The Kier molecular flexibility index (Phi) is 3.50. The molecule has 0 unspecified atom stereocenters. The fourth-order valence-electron chi connectivity index (χ4n) is 3.05. The van der Waals surface area contributed by atoms with Crippen molar-refractivity contribution in [3.05, 3.63) is 34.3 Å². The Balaban J connectivity index is 1.87. The van der Waals surface area contributed by atoms with E-state index >= 15 is 0 Å². The lowest BCUT2D eigenvalue weighted by Crippen LogP contribution is -2.19. The Hall–Kier alpha value is -0.530. The minimum absolute atomic E-state index is 0.467. The van der Waals surface area contributed by atoms with E-state index < -0.39 is 0 Å². The van der Waals surface area contributed by atoms with Crippen LogP contribution in [0.15, 0.2) is 18.2 Å². The number of benzene rings is 1. The molecular formula is C16H24ClN. The minimum Gasteiger partial charge on any atom is -0.312 e. The summed E-state index contributed by atoms with van der Waals surface area (Å²) in [4.78, 5) is 0. The third-order valence-electron chi connectivity index (χ3n) is 5.29. The number of aryl methyl sites for hydroxylation is 1. The van der Waals surface area contributed by atoms with Crippen molar-refractivity contribution < 1.29 is 0 Å². The quantitative estimate of drug-likeness (QED) is 0.850. The van der Waals surface area contributed by atoms with Crippen molar-refractivity contribution in [1.29, 1.82) is 0 Å². The van der Waals surface area contributed by atoms with Gasteiger partial charge in [0.1, 0.15) is 0 Å². The van der Waals surface area contributed by atoms with E-state index in [9.17, 15) is 0 Å². The summed E-state index contributed by atoms with van der Waals surface area (Å²) in [5.74, 6) is 0.776. The topological polar surface area (TPSA) is 12.0 Å². The van der Waals surface area contributed by atoms with Crippen LogP contribution in [-0.2, 0) is 6.54 Å². The Morgan fingerprint density at radius 2 is 1.78 bits per heavy atom. The van der Waals surface area contributed by atoms with Gasteiger partial charge in [-0.25, -0.2) is 0 Å². The van der Waals surface area contributed by atoms with Crippen molar-refractivity contribution in [2.45, 2.75) is 41.2 Å². The average molecular weight is 266 g/mol. The van der Waals surface area contributed by atoms with E-state index in [-0.39, 0.29) is 0 Å². The van der Waals surface area contributed by atoms with Gasteiger partial charge in [-0.15, -0.1) is 0 Å². The lowest BCUT2D eigenvalue weighted by molar-refractivity contribution is 0.457. The van der Waals surface area contributed by atoms with Gasteiger partial charge in [-0.2, -0.15) is 0 Å². The van der Waals surface area contributed by atoms with E-state index in [2.05, 4.69) is 46.0 Å². The normalized spacial score (nSPS) is 21.0. The molecule has 2 rings (SSSR count). The van der Waals surface area contributed by atoms with E-state index in [0.29, 0.717) is 10.8 Å². The van der Waals surface area contributed by atoms with Crippen LogP contribution in [0.1, 0.15) is 38.8 Å². The zero-order valence-electron chi connectivity index (χ0n) is 12.1. The summed E-state index contributed by atoms with van der Waals surface area (Å²) >= 11 is 5.97. The van der Waals surface area contributed by atoms with Crippen molar-refractivity contribution in [3.8, 4) is 0 Å². The Labute approximate surface area is 116 Å². The predicted molar refractivity (Wildman–Crippen MR) is 78.9 cm³/mol. The first-order chi connectivity index (χ1) is 8.26. The van der Waals surface area contributed by atoms with Crippen molar-refractivity contribution in [2.75, 3.05) is 6.54 Å². The lowest BCUT2D eigenvalue weighted by Gasteiger charge is -2.09. The third-order valence-corrected chi connectivity index (χ3v) is 5.52. The molecule has 1 aliphatic rings. The summed E-state index contributed by atoms with van der Waals surface area (Å²) in [7, 11) is 0. The molecule has 0 bridgehead atoms. The molecule has 0 heterocycles. The van der Waals surface area contributed by atoms with Crippen LogP contribution in [0.5, 0.6) is 0 Å². The summed E-state index contributed by atoms with van der Waals surface area (Å²) in [6.07, 6.45) is 0. The van der Waals surface area contributed by atoms with E-state index in [4.69, 9.17) is 11.6 Å². The maximum absolute atomic E-state index is 5.97. The van der Waals surface area contributed by atoms with Crippen LogP contribution in [0.25, 0.3) is 0 Å². The summed E-state index contributed by atoms with van der Waals surface area (Å²) < 4.78 is 0. The summed E-state index contributed by atoms with van der Waals surface area (Å²) in [5.41, 5.74) is 3.55. The fourth-order valence-corrected chi connectivity index (χ4v) is 3.28. The number of nitrogens with one attached hydrogen (secondary N) is 1. The van der Waals surface area contributed by atoms with Gasteiger partial charge in [-0.05, 0) is 53.5 Å². The van der Waals surface area contributed by atoms with Gasteiger partial charge in [0.05, 0.1) is 0 Å². The molecule has 0 aliphatic heterocycles. The first-order valence-electron chi connectivity index (χ1n) is 6.72. The maximum atomic E-state index is 5.97. The minimum atomic E-state index is 0.467. The molecule has 0 radical (unpaired) electrons. The van der Waals surface area contributed by atoms with Gasteiger partial charge in [0.2, 0.25) is 0 Å². The van der Waals surface area contributed by atoms with Crippen LogP contribution >= 0.6 is 11.6 Å². The van der Waals surface area contributed by atoms with E-state index in [1.807, 2.05) is 12.1 Å². The molecule has 1 aliphatic carbocycles. The first kappa shape index (κ1) is 13.9. The highest BCUT2D eigenvalue weighted by molar-refractivity contribution is 6.30. The summed E-state index contributed by atoms with van der Waals surface area (Å²) in [6, 6.07) is 6.12. The van der Waals surface area contributed by atoms with Crippen LogP contribution in [0.4, 0.5) is 0 Å². The molecule has 18 heavy (non-hydrogen) atoms. The van der Waals surface area contributed by atoms with Crippen molar-refractivity contribution in [2.24, 2.45) is 16.7 Å². The highest BCUT2D eigenvalue weighted by atomic mass is 35.5. The van der Waals surface area contributed by atoms with E-state index in [0.717, 1.165) is 24.0 Å². The lowest BCUT2D eigenvalue weighted by atomic mass is 10.0. The molecule has 2 heteroatoms. The molecule has 1 saturated carbocycles. The SMILES string of the molecule is Cc1cc(Cl)ccc1CNCC1C(C)(C)C1(C)C. The largest absolute Gasteiger partial charge is 0.312 e. The number of hydrogen-bond acceptors (Lipinski definition) is 1. The first-order valence-corrected chi connectivity index (χ1v) is 7.10. The summed E-state index contributed by atoms with van der Waals surface area (Å²) in [5, 5.41) is 4.41. The maximum Gasteiger partial charge on any atom is 0.0408 e. The Morgan fingerprint density at radius 3 is 2.28 bits per heavy atom. The number of hydrogen-bond donors (Lipinski definition) is 1. The Bertz CT molecular complexity index is 434.